The summed E-state index contributed by atoms with van der Waals surface area (Å²) in [6.07, 6.45) is 1.16. The SMILES string of the molecule is CN(C)c1cc(Cl)c([C@H]2Nc3ccc4ccccc4c3C3=C2C(=O)CC(C)(C)C3)cc1[N+](=O)[O-]. The Kier molecular flexibility index (Phi) is 5.17. The van der Waals surface area contributed by atoms with E-state index in [1.54, 1.807) is 25.1 Å². The summed E-state index contributed by atoms with van der Waals surface area (Å²) >= 11 is 6.72. The molecule has 0 aromatic heterocycles. The number of nitrogens with one attached hydrogen (secondary N) is 1. The molecule has 0 spiro atoms. The minimum absolute atomic E-state index is 0.0405. The predicted octanol–water partition coefficient (Wildman–Crippen LogP) is 6.78. The molecule has 0 radical (unpaired) electrons. The number of carbonyl (C=O) groups is 1. The van der Waals surface area contributed by atoms with Gasteiger partial charge in [-0.1, -0.05) is 55.8 Å². The Morgan fingerprint density at radius 1 is 1.12 bits per heavy atom. The fourth-order valence-corrected chi connectivity index (χ4v) is 5.63. The highest BCUT2D eigenvalue weighted by molar-refractivity contribution is 6.32. The molecule has 174 valence electrons. The van der Waals surface area contributed by atoms with Crippen LogP contribution in [-0.2, 0) is 4.79 Å². The van der Waals surface area contributed by atoms with Crippen LogP contribution in [-0.4, -0.2) is 24.8 Å². The number of ketones is 1. The fourth-order valence-electron chi connectivity index (χ4n) is 5.36. The van der Waals surface area contributed by atoms with Crippen LogP contribution in [0.1, 0.15) is 43.9 Å². The van der Waals surface area contributed by atoms with Gasteiger partial charge >= 0.3 is 0 Å². The number of fused-ring (bicyclic) bond motifs is 4. The van der Waals surface area contributed by atoms with Gasteiger partial charge in [0.2, 0.25) is 0 Å². The van der Waals surface area contributed by atoms with E-state index in [-0.39, 0.29) is 16.9 Å². The molecule has 3 aromatic carbocycles. The first-order valence-electron chi connectivity index (χ1n) is 11.3. The van der Waals surface area contributed by atoms with Gasteiger partial charge < -0.3 is 10.2 Å². The lowest BCUT2D eigenvalue weighted by Gasteiger charge is -2.40. The molecule has 6 nitrogen and oxygen atoms in total. The third-order valence-corrected chi connectivity index (χ3v) is 7.15. The summed E-state index contributed by atoms with van der Waals surface area (Å²) in [4.78, 5) is 26.7. The second-order valence-corrected chi connectivity index (χ2v) is 10.5. The van der Waals surface area contributed by atoms with Crippen LogP contribution in [0, 0.1) is 15.5 Å². The van der Waals surface area contributed by atoms with Gasteiger partial charge in [0.05, 0.1) is 11.0 Å². The number of nitro benzene ring substituents is 1. The van der Waals surface area contributed by atoms with Gasteiger partial charge in [-0.15, -0.1) is 0 Å². The molecule has 34 heavy (non-hydrogen) atoms. The zero-order valence-electron chi connectivity index (χ0n) is 19.6. The quantitative estimate of drug-likeness (QED) is 0.334. The Labute approximate surface area is 203 Å². The summed E-state index contributed by atoms with van der Waals surface area (Å²) in [5, 5.41) is 18.0. The second-order valence-electron chi connectivity index (χ2n) is 10.1. The van der Waals surface area contributed by atoms with Crippen LogP contribution in [0.25, 0.3) is 16.3 Å². The van der Waals surface area contributed by atoms with Crippen molar-refractivity contribution in [2.45, 2.75) is 32.7 Å². The molecule has 1 aliphatic heterocycles. The molecule has 0 saturated carbocycles. The predicted molar refractivity (Wildman–Crippen MR) is 138 cm³/mol. The van der Waals surface area contributed by atoms with Gasteiger partial charge in [-0.25, -0.2) is 0 Å². The average Bonchev–Trinajstić information content (AvgIpc) is 2.76. The lowest BCUT2D eigenvalue weighted by molar-refractivity contribution is -0.384. The van der Waals surface area contributed by atoms with E-state index in [0.29, 0.717) is 28.3 Å². The van der Waals surface area contributed by atoms with Crippen molar-refractivity contribution in [3.63, 3.8) is 0 Å². The number of halogens is 1. The zero-order valence-corrected chi connectivity index (χ0v) is 20.4. The summed E-state index contributed by atoms with van der Waals surface area (Å²) in [5.41, 5.74) is 4.36. The Bertz CT molecular complexity index is 1410. The van der Waals surface area contributed by atoms with Crippen LogP contribution in [0.3, 0.4) is 0 Å². The normalized spacial score (nSPS) is 18.9. The molecule has 3 aromatic rings. The van der Waals surface area contributed by atoms with Gasteiger partial charge in [0.1, 0.15) is 5.69 Å². The first-order chi connectivity index (χ1) is 16.1. The lowest BCUT2D eigenvalue weighted by atomic mass is 9.68. The maximum Gasteiger partial charge on any atom is 0.292 e. The maximum absolute atomic E-state index is 13.6. The first-order valence-corrected chi connectivity index (χ1v) is 11.7. The second kappa shape index (κ2) is 7.84. The minimum Gasteiger partial charge on any atom is -0.373 e. The number of benzene rings is 3. The highest BCUT2D eigenvalue weighted by Gasteiger charge is 2.41. The molecule has 1 aliphatic carbocycles. The van der Waals surface area contributed by atoms with Crippen LogP contribution in [0.5, 0.6) is 0 Å². The van der Waals surface area contributed by atoms with Crippen molar-refractivity contribution in [2.75, 3.05) is 24.3 Å². The third kappa shape index (κ3) is 3.53. The van der Waals surface area contributed by atoms with Crippen LogP contribution in [0.15, 0.2) is 54.1 Å². The highest BCUT2D eigenvalue weighted by atomic mass is 35.5. The molecule has 0 fully saturated rings. The Morgan fingerprint density at radius 3 is 2.56 bits per heavy atom. The van der Waals surface area contributed by atoms with Crippen LogP contribution in [0.4, 0.5) is 17.1 Å². The van der Waals surface area contributed by atoms with Crippen molar-refractivity contribution < 1.29 is 9.72 Å². The lowest BCUT2D eigenvalue weighted by Crippen LogP contribution is -2.33. The summed E-state index contributed by atoms with van der Waals surface area (Å²) < 4.78 is 0. The van der Waals surface area contributed by atoms with E-state index in [1.807, 2.05) is 18.2 Å². The molecule has 2 aliphatic rings. The molecule has 7 heteroatoms. The molecule has 0 unspecified atom stereocenters. The Balaban J connectivity index is 1.79. The van der Waals surface area contributed by atoms with Crippen molar-refractivity contribution in [1.29, 1.82) is 0 Å². The van der Waals surface area contributed by atoms with Crippen molar-refractivity contribution >= 4 is 50.8 Å². The number of anilines is 2. The number of carbonyl (C=O) groups excluding carboxylic acids is 1. The van der Waals surface area contributed by atoms with Crippen LogP contribution >= 0.6 is 11.6 Å². The van der Waals surface area contributed by atoms with Crippen molar-refractivity contribution in [3.05, 3.63) is 80.4 Å². The number of nitrogens with zero attached hydrogens (tertiary/aromatic N) is 2. The number of nitro groups is 1. The molecular formula is C27H26ClN3O3. The number of rotatable bonds is 3. The molecule has 1 heterocycles. The summed E-state index contributed by atoms with van der Waals surface area (Å²) in [5.74, 6) is 0.0535. The molecule has 0 saturated heterocycles. The van der Waals surface area contributed by atoms with E-state index >= 15 is 0 Å². The summed E-state index contributed by atoms with van der Waals surface area (Å²) in [6.45, 7) is 4.22. The van der Waals surface area contributed by atoms with E-state index < -0.39 is 11.0 Å². The number of hydrogen-bond donors (Lipinski definition) is 1. The number of hydrogen-bond acceptors (Lipinski definition) is 5. The van der Waals surface area contributed by atoms with Gasteiger partial charge in [-0.2, -0.15) is 0 Å². The van der Waals surface area contributed by atoms with E-state index in [1.165, 1.54) is 6.07 Å². The zero-order chi connectivity index (χ0) is 24.4. The number of allylic oxidation sites excluding steroid dienone is 1. The smallest absolute Gasteiger partial charge is 0.292 e. The van der Waals surface area contributed by atoms with Gasteiger partial charge in [-0.3, -0.25) is 14.9 Å². The standard InChI is InChI=1S/C27H26ClN3O3/c1-27(2)13-18-24-16-8-6-5-7-15(16)9-10-20(24)29-26(25(18)23(32)14-27)17-11-22(31(33)34)21(30(3)4)12-19(17)28/h5-12,26,29H,13-14H2,1-4H3/t26-/m1/s1. The number of Topliss-reactive ketones (excluding diaryl/α,β-unsaturated/α-hetero) is 1. The largest absolute Gasteiger partial charge is 0.373 e. The molecule has 0 bridgehead atoms. The monoisotopic (exact) mass is 475 g/mol. The molecule has 5 rings (SSSR count). The van der Waals surface area contributed by atoms with Gasteiger partial charge in [0, 0.05) is 54.0 Å². The summed E-state index contributed by atoms with van der Waals surface area (Å²) in [6, 6.07) is 14.8. The van der Waals surface area contributed by atoms with Crippen LogP contribution < -0.4 is 10.2 Å². The van der Waals surface area contributed by atoms with Crippen molar-refractivity contribution in [1.82, 2.24) is 0 Å². The molecule has 0 amide bonds. The van der Waals surface area contributed by atoms with Crippen molar-refractivity contribution in [3.8, 4) is 0 Å². The first kappa shape index (κ1) is 22.4. The van der Waals surface area contributed by atoms with E-state index in [9.17, 15) is 14.9 Å². The minimum atomic E-state index is -0.560. The van der Waals surface area contributed by atoms with Gasteiger partial charge in [0.15, 0.2) is 5.78 Å². The van der Waals surface area contributed by atoms with Gasteiger partial charge in [-0.05, 0) is 40.3 Å². The maximum atomic E-state index is 13.6. The highest BCUT2D eigenvalue weighted by Crippen LogP contribution is 2.53. The van der Waals surface area contributed by atoms with Crippen LogP contribution in [0.2, 0.25) is 5.02 Å². The van der Waals surface area contributed by atoms with E-state index in [4.69, 9.17) is 11.6 Å². The van der Waals surface area contributed by atoms with Gasteiger partial charge in [0.25, 0.3) is 5.69 Å². The molecule has 1 atom stereocenters. The van der Waals surface area contributed by atoms with Crippen molar-refractivity contribution in [2.24, 2.45) is 5.41 Å². The Hall–Kier alpha value is -3.38. The molecule has 1 N–H and O–H groups in total. The van der Waals surface area contributed by atoms with E-state index in [2.05, 4.69) is 37.4 Å². The third-order valence-electron chi connectivity index (χ3n) is 6.82. The fraction of sp³-hybridized carbons (Fsp3) is 0.296. The summed E-state index contributed by atoms with van der Waals surface area (Å²) in [7, 11) is 3.48. The average molecular weight is 476 g/mol. The Morgan fingerprint density at radius 2 is 1.85 bits per heavy atom. The molecular weight excluding hydrogens is 450 g/mol. The van der Waals surface area contributed by atoms with E-state index in [0.717, 1.165) is 34.0 Å². The topological polar surface area (TPSA) is 75.5 Å².